The van der Waals surface area contributed by atoms with Gasteiger partial charge >= 0.3 is 11.9 Å². The van der Waals surface area contributed by atoms with E-state index in [2.05, 4.69) is 38.4 Å². The first-order valence-electron chi connectivity index (χ1n) is 4.48. The van der Waals surface area contributed by atoms with E-state index in [1.54, 1.807) is 0 Å². The van der Waals surface area contributed by atoms with Crippen LogP contribution in [-0.4, -0.2) is 22.2 Å². The highest BCUT2D eigenvalue weighted by atomic mass is 79.9. The smallest absolute Gasteiger partial charge is 0.337 e. The molecule has 0 aliphatic carbocycles. The summed E-state index contributed by atoms with van der Waals surface area (Å²) in [6.07, 6.45) is 1.78. The zero-order valence-corrected chi connectivity index (χ0v) is 11.7. The number of aromatic carboxylic acids is 2. The summed E-state index contributed by atoms with van der Waals surface area (Å²) in [5.41, 5.74) is 0.444. The third kappa shape index (κ3) is 2.76. The van der Waals surface area contributed by atoms with E-state index in [0.717, 1.165) is 0 Å². The summed E-state index contributed by atoms with van der Waals surface area (Å²) >= 11 is 6.20. The van der Waals surface area contributed by atoms with E-state index >= 15 is 0 Å². The van der Waals surface area contributed by atoms with Crippen molar-refractivity contribution in [3.8, 4) is 0 Å². The van der Waals surface area contributed by atoms with Gasteiger partial charge in [-0.15, -0.1) is 6.58 Å². The SMILES string of the molecule is C=CCc1c(Br)c(C(=O)O)cc(Br)c1C(=O)O. The van der Waals surface area contributed by atoms with Gasteiger partial charge in [0.05, 0.1) is 11.1 Å². The summed E-state index contributed by atoms with van der Waals surface area (Å²) in [5, 5.41) is 18.1. The van der Waals surface area contributed by atoms with Gasteiger partial charge in [0, 0.05) is 8.95 Å². The molecule has 0 heterocycles. The zero-order chi connectivity index (χ0) is 13.2. The van der Waals surface area contributed by atoms with Gasteiger partial charge in [0.25, 0.3) is 0 Å². The van der Waals surface area contributed by atoms with Crippen LogP contribution in [0.4, 0.5) is 0 Å². The Labute approximate surface area is 114 Å². The van der Waals surface area contributed by atoms with Crippen LogP contribution in [-0.2, 0) is 6.42 Å². The molecule has 0 fully saturated rings. The highest BCUT2D eigenvalue weighted by Gasteiger charge is 2.22. The number of benzene rings is 1. The van der Waals surface area contributed by atoms with Crippen LogP contribution in [0.1, 0.15) is 26.3 Å². The molecule has 0 saturated carbocycles. The molecule has 0 unspecified atom stereocenters. The van der Waals surface area contributed by atoms with Gasteiger partial charge in [0.1, 0.15) is 0 Å². The summed E-state index contributed by atoms with van der Waals surface area (Å²) in [6, 6.07) is 1.27. The van der Waals surface area contributed by atoms with Crippen LogP contribution in [0.5, 0.6) is 0 Å². The molecular formula is C11H8Br2O4. The molecule has 0 spiro atoms. The van der Waals surface area contributed by atoms with Crippen LogP contribution in [0.2, 0.25) is 0 Å². The van der Waals surface area contributed by atoms with Gasteiger partial charge in [-0.3, -0.25) is 0 Å². The molecule has 4 nitrogen and oxygen atoms in total. The number of halogens is 2. The van der Waals surface area contributed by atoms with Crippen molar-refractivity contribution in [2.45, 2.75) is 6.42 Å². The quantitative estimate of drug-likeness (QED) is 0.804. The van der Waals surface area contributed by atoms with E-state index in [0.29, 0.717) is 5.56 Å². The molecule has 1 aromatic carbocycles. The Morgan fingerprint density at radius 2 is 1.88 bits per heavy atom. The Kier molecular flexibility index (Phi) is 4.47. The molecule has 0 aromatic heterocycles. The summed E-state index contributed by atoms with van der Waals surface area (Å²) in [6.45, 7) is 3.53. The fourth-order valence-electron chi connectivity index (χ4n) is 1.40. The van der Waals surface area contributed by atoms with E-state index in [-0.39, 0.29) is 26.5 Å². The highest BCUT2D eigenvalue weighted by Crippen LogP contribution is 2.32. The summed E-state index contributed by atoms with van der Waals surface area (Å²) in [5.74, 6) is -2.24. The molecule has 17 heavy (non-hydrogen) atoms. The first-order chi connectivity index (χ1) is 7.90. The second kappa shape index (κ2) is 5.46. The molecule has 6 heteroatoms. The topological polar surface area (TPSA) is 74.6 Å². The Morgan fingerprint density at radius 3 is 2.29 bits per heavy atom. The molecule has 90 valence electrons. The van der Waals surface area contributed by atoms with Crippen molar-refractivity contribution in [2.75, 3.05) is 0 Å². The molecule has 0 atom stereocenters. The number of hydrogen-bond donors (Lipinski definition) is 2. The number of carbonyl (C=O) groups is 2. The number of carboxylic acid groups (broad SMARTS) is 2. The number of hydrogen-bond acceptors (Lipinski definition) is 2. The first-order valence-corrected chi connectivity index (χ1v) is 6.07. The number of rotatable bonds is 4. The van der Waals surface area contributed by atoms with Crippen molar-refractivity contribution in [3.05, 3.63) is 44.4 Å². The minimum Gasteiger partial charge on any atom is -0.478 e. The van der Waals surface area contributed by atoms with E-state index in [4.69, 9.17) is 10.2 Å². The average molecular weight is 364 g/mol. The lowest BCUT2D eigenvalue weighted by atomic mass is 10.0. The van der Waals surface area contributed by atoms with Gasteiger partial charge in [-0.25, -0.2) is 9.59 Å². The Hall–Kier alpha value is -1.14. The van der Waals surface area contributed by atoms with Crippen molar-refractivity contribution in [2.24, 2.45) is 0 Å². The Balaban J connectivity index is 3.64. The second-order valence-electron chi connectivity index (χ2n) is 3.18. The lowest BCUT2D eigenvalue weighted by molar-refractivity contribution is 0.0678. The normalized spacial score (nSPS) is 10.0. The fraction of sp³-hybridized carbons (Fsp3) is 0.0909. The molecule has 0 aliphatic heterocycles. The third-order valence-corrected chi connectivity index (χ3v) is 3.64. The predicted molar refractivity (Wildman–Crippen MR) is 69.7 cm³/mol. The van der Waals surface area contributed by atoms with Gasteiger partial charge in [0.15, 0.2) is 0 Å². The molecule has 0 saturated heterocycles. The average Bonchev–Trinajstić information content (AvgIpc) is 2.22. The zero-order valence-electron chi connectivity index (χ0n) is 8.54. The number of allylic oxidation sites excluding steroid dienone is 1. The molecule has 2 N–H and O–H groups in total. The molecule has 0 bridgehead atoms. The van der Waals surface area contributed by atoms with E-state index in [9.17, 15) is 9.59 Å². The minimum absolute atomic E-state index is 0.0127. The van der Waals surface area contributed by atoms with Gasteiger partial charge in [-0.2, -0.15) is 0 Å². The van der Waals surface area contributed by atoms with Crippen LogP contribution in [0, 0.1) is 0 Å². The summed E-state index contributed by atoms with van der Waals surface area (Å²) in [7, 11) is 0. The fourth-order valence-corrected chi connectivity index (χ4v) is 2.68. The first kappa shape index (κ1) is 13.9. The molecule has 1 rings (SSSR count). The maximum Gasteiger partial charge on any atom is 0.337 e. The molecule has 0 aliphatic rings. The Bertz CT molecular complexity index is 509. The van der Waals surface area contributed by atoms with E-state index in [1.165, 1.54) is 12.1 Å². The van der Waals surface area contributed by atoms with Crippen LogP contribution in [0.15, 0.2) is 27.7 Å². The van der Waals surface area contributed by atoms with Crippen LogP contribution in [0.25, 0.3) is 0 Å². The summed E-state index contributed by atoms with van der Waals surface area (Å²) in [4.78, 5) is 22.1. The standard InChI is InChI=1S/C11H8Br2O4/c1-2-3-5-8(11(16)17)7(12)4-6(9(5)13)10(14)15/h2,4H,1,3H2,(H,14,15)(H,16,17). The minimum atomic E-state index is -1.13. The Morgan fingerprint density at radius 1 is 1.29 bits per heavy atom. The molecule has 0 amide bonds. The molecule has 1 aromatic rings. The summed E-state index contributed by atoms with van der Waals surface area (Å²) < 4.78 is 0.507. The van der Waals surface area contributed by atoms with Gasteiger partial charge in [0.2, 0.25) is 0 Å². The van der Waals surface area contributed by atoms with E-state index < -0.39 is 11.9 Å². The third-order valence-electron chi connectivity index (χ3n) is 2.11. The van der Waals surface area contributed by atoms with Gasteiger partial charge in [-0.1, -0.05) is 6.08 Å². The van der Waals surface area contributed by atoms with Crippen molar-refractivity contribution < 1.29 is 19.8 Å². The largest absolute Gasteiger partial charge is 0.478 e. The van der Waals surface area contributed by atoms with Crippen molar-refractivity contribution in [1.29, 1.82) is 0 Å². The monoisotopic (exact) mass is 362 g/mol. The van der Waals surface area contributed by atoms with Crippen molar-refractivity contribution in [1.82, 2.24) is 0 Å². The van der Waals surface area contributed by atoms with Crippen LogP contribution >= 0.6 is 31.9 Å². The van der Waals surface area contributed by atoms with Crippen LogP contribution < -0.4 is 0 Å². The maximum absolute atomic E-state index is 11.1. The highest BCUT2D eigenvalue weighted by molar-refractivity contribution is 9.11. The lowest BCUT2D eigenvalue weighted by Crippen LogP contribution is -2.09. The maximum atomic E-state index is 11.1. The van der Waals surface area contributed by atoms with Gasteiger partial charge < -0.3 is 10.2 Å². The number of carboxylic acids is 2. The molecular weight excluding hydrogens is 356 g/mol. The predicted octanol–water partition coefficient (Wildman–Crippen LogP) is 3.34. The van der Waals surface area contributed by atoms with Crippen LogP contribution in [0.3, 0.4) is 0 Å². The van der Waals surface area contributed by atoms with Crippen molar-refractivity contribution in [3.63, 3.8) is 0 Å². The van der Waals surface area contributed by atoms with Crippen molar-refractivity contribution >= 4 is 43.8 Å². The van der Waals surface area contributed by atoms with E-state index in [1.807, 2.05) is 0 Å². The lowest BCUT2D eigenvalue weighted by Gasteiger charge is -2.11. The second-order valence-corrected chi connectivity index (χ2v) is 4.82. The van der Waals surface area contributed by atoms with Gasteiger partial charge in [-0.05, 0) is 49.9 Å². The molecule has 0 radical (unpaired) electrons.